The van der Waals surface area contributed by atoms with Crippen LogP contribution < -0.4 is 0 Å². The topological polar surface area (TPSA) is 20.3 Å². The molecule has 0 spiro atoms. The van der Waals surface area contributed by atoms with Crippen molar-refractivity contribution in [3.8, 4) is 0 Å². The van der Waals surface area contributed by atoms with Crippen molar-refractivity contribution < 1.29 is 4.79 Å². The van der Waals surface area contributed by atoms with E-state index in [-0.39, 0.29) is 0 Å². The fourth-order valence-electron chi connectivity index (χ4n) is 3.51. The van der Waals surface area contributed by atoms with Crippen molar-refractivity contribution in [2.75, 3.05) is 13.1 Å². The first kappa shape index (κ1) is 12.9. The SMILES string of the molecule is CCCCCC(=O)N1CCC2CCCCC2C1. The minimum Gasteiger partial charge on any atom is -0.342 e. The van der Waals surface area contributed by atoms with Gasteiger partial charge in [-0.15, -0.1) is 0 Å². The van der Waals surface area contributed by atoms with E-state index in [1.165, 1.54) is 44.9 Å². The van der Waals surface area contributed by atoms with Gasteiger partial charge in [-0.3, -0.25) is 4.79 Å². The van der Waals surface area contributed by atoms with E-state index in [1.807, 2.05) is 0 Å². The summed E-state index contributed by atoms with van der Waals surface area (Å²) < 4.78 is 0. The number of unbranched alkanes of at least 4 members (excludes halogenated alkanes) is 2. The number of amides is 1. The predicted octanol–water partition coefficient (Wildman–Crippen LogP) is 3.61. The molecule has 2 rings (SSSR count). The summed E-state index contributed by atoms with van der Waals surface area (Å²) in [5.74, 6) is 2.18. The lowest BCUT2D eigenvalue weighted by molar-refractivity contribution is -0.134. The predicted molar refractivity (Wildman–Crippen MR) is 70.8 cm³/mol. The molecule has 0 aromatic heterocycles. The Labute approximate surface area is 106 Å². The molecule has 1 aliphatic carbocycles. The van der Waals surface area contributed by atoms with E-state index in [4.69, 9.17) is 0 Å². The van der Waals surface area contributed by atoms with Gasteiger partial charge in [-0.25, -0.2) is 0 Å². The van der Waals surface area contributed by atoms with Crippen LogP contribution in [0.3, 0.4) is 0 Å². The van der Waals surface area contributed by atoms with Gasteiger partial charge in [0.25, 0.3) is 0 Å². The van der Waals surface area contributed by atoms with Crippen LogP contribution in [-0.2, 0) is 4.79 Å². The van der Waals surface area contributed by atoms with Gasteiger partial charge in [0.05, 0.1) is 0 Å². The molecule has 2 atom stereocenters. The van der Waals surface area contributed by atoms with E-state index >= 15 is 0 Å². The van der Waals surface area contributed by atoms with Crippen LogP contribution >= 0.6 is 0 Å². The molecule has 0 aromatic rings. The zero-order valence-electron chi connectivity index (χ0n) is 11.3. The van der Waals surface area contributed by atoms with Crippen molar-refractivity contribution in [3.05, 3.63) is 0 Å². The lowest BCUT2D eigenvalue weighted by Crippen LogP contribution is -2.44. The normalized spacial score (nSPS) is 28.9. The van der Waals surface area contributed by atoms with E-state index < -0.39 is 0 Å². The summed E-state index contributed by atoms with van der Waals surface area (Å²) in [6.45, 7) is 4.29. The summed E-state index contributed by atoms with van der Waals surface area (Å²) in [7, 11) is 0. The number of carbonyl (C=O) groups excluding carboxylic acids is 1. The minimum atomic E-state index is 0.419. The van der Waals surface area contributed by atoms with Gasteiger partial charge in [-0.1, -0.05) is 39.0 Å². The fourth-order valence-corrected chi connectivity index (χ4v) is 3.51. The summed E-state index contributed by atoms with van der Waals surface area (Å²) in [5.41, 5.74) is 0. The van der Waals surface area contributed by atoms with Crippen molar-refractivity contribution in [2.45, 2.75) is 64.7 Å². The summed E-state index contributed by atoms with van der Waals surface area (Å²) in [5, 5.41) is 0. The first-order valence-electron chi connectivity index (χ1n) is 7.59. The maximum Gasteiger partial charge on any atom is 0.222 e. The quantitative estimate of drug-likeness (QED) is 0.684. The third kappa shape index (κ3) is 3.46. The van der Waals surface area contributed by atoms with Crippen LogP contribution in [0.4, 0.5) is 0 Å². The molecular weight excluding hydrogens is 210 g/mol. The first-order valence-corrected chi connectivity index (χ1v) is 7.59. The van der Waals surface area contributed by atoms with Gasteiger partial charge in [0.15, 0.2) is 0 Å². The van der Waals surface area contributed by atoms with Gasteiger partial charge in [0, 0.05) is 19.5 Å². The Bertz CT molecular complexity index is 251. The molecule has 98 valence electrons. The summed E-state index contributed by atoms with van der Waals surface area (Å²) in [6.07, 6.45) is 11.1. The molecule has 0 bridgehead atoms. The summed E-state index contributed by atoms with van der Waals surface area (Å²) in [6, 6.07) is 0. The molecule has 0 N–H and O–H groups in total. The Hall–Kier alpha value is -0.530. The molecule has 1 saturated carbocycles. The Kier molecular flexibility index (Phi) is 4.87. The highest BCUT2D eigenvalue weighted by Crippen LogP contribution is 2.36. The number of rotatable bonds is 4. The van der Waals surface area contributed by atoms with Crippen LogP contribution in [-0.4, -0.2) is 23.9 Å². The Morgan fingerprint density at radius 1 is 1.12 bits per heavy atom. The van der Waals surface area contributed by atoms with Crippen LogP contribution in [0.5, 0.6) is 0 Å². The first-order chi connectivity index (χ1) is 8.31. The molecule has 2 heteroatoms. The summed E-state index contributed by atoms with van der Waals surface area (Å²) in [4.78, 5) is 14.2. The minimum absolute atomic E-state index is 0.419. The smallest absolute Gasteiger partial charge is 0.222 e. The molecule has 1 heterocycles. The number of likely N-dealkylation sites (tertiary alicyclic amines) is 1. The number of fused-ring (bicyclic) bond motifs is 1. The second-order valence-electron chi connectivity index (χ2n) is 5.89. The largest absolute Gasteiger partial charge is 0.342 e. The van der Waals surface area contributed by atoms with Crippen LogP contribution in [0.1, 0.15) is 64.7 Å². The number of nitrogens with zero attached hydrogens (tertiary/aromatic N) is 1. The average molecular weight is 237 g/mol. The van der Waals surface area contributed by atoms with Crippen molar-refractivity contribution in [1.82, 2.24) is 4.90 Å². The Morgan fingerprint density at radius 3 is 2.65 bits per heavy atom. The molecule has 1 amide bonds. The van der Waals surface area contributed by atoms with Crippen molar-refractivity contribution in [3.63, 3.8) is 0 Å². The maximum atomic E-state index is 12.1. The lowest BCUT2D eigenvalue weighted by atomic mass is 9.75. The van der Waals surface area contributed by atoms with Gasteiger partial charge in [-0.05, 0) is 31.1 Å². The fraction of sp³-hybridized carbons (Fsp3) is 0.933. The molecule has 1 saturated heterocycles. The molecule has 2 fully saturated rings. The van der Waals surface area contributed by atoms with E-state index in [2.05, 4.69) is 11.8 Å². The molecule has 2 aliphatic rings. The molecular formula is C15H27NO. The number of piperidine rings is 1. The van der Waals surface area contributed by atoms with E-state index in [9.17, 15) is 4.79 Å². The van der Waals surface area contributed by atoms with Crippen LogP contribution in [0, 0.1) is 11.8 Å². The third-order valence-electron chi connectivity index (χ3n) is 4.64. The zero-order chi connectivity index (χ0) is 12.1. The summed E-state index contributed by atoms with van der Waals surface area (Å²) >= 11 is 0. The van der Waals surface area contributed by atoms with E-state index in [0.29, 0.717) is 5.91 Å². The van der Waals surface area contributed by atoms with E-state index in [1.54, 1.807) is 0 Å². The van der Waals surface area contributed by atoms with Crippen LogP contribution in [0.15, 0.2) is 0 Å². The second kappa shape index (κ2) is 6.42. The number of hydrogen-bond acceptors (Lipinski definition) is 1. The molecule has 2 unspecified atom stereocenters. The molecule has 1 aliphatic heterocycles. The highest BCUT2D eigenvalue weighted by Gasteiger charge is 2.32. The molecule has 17 heavy (non-hydrogen) atoms. The standard InChI is InChI=1S/C15H27NO/c1-2-3-4-9-15(17)16-11-10-13-7-5-6-8-14(13)12-16/h13-14H,2-12H2,1H3. The van der Waals surface area contributed by atoms with Crippen molar-refractivity contribution >= 4 is 5.91 Å². The second-order valence-corrected chi connectivity index (χ2v) is 5.89. The average Bonchev–Trinajstić information content (AvgIpc) is 2.38. The maximum absolute atomic E-state index is 12.1. The lowest BCUT2D eigenvalue weighted by Gasteiger charge is -2.41. The van der Waals surface area contributed by atoms with E-state index in [0.717, 1.165) is 37.8 Å². The highest BCUT2D eigenvalue weighted by molar-refractivity contribution is 5.76. The van der Waals surface area contributed by atoms with Gasteiger partial charge in [0.2, 0.25) is 5.91 Å². The van der Waals surface area contributed by atoms with Gasteiger partial charge >= 0.3 is 0 Å². The number of hydrogen-bond donors (Lipinski definition) is 0. The zero-order valence-corrected chi connectivity index (χ0v) is 11.3. The monoisotopic (exact) mass is 237 g/mol. The molecule has 0 radical (unpaired) electrons. The van der Waals surface area contributed by atoms with Gasteiger partial charge in [0.1, 0.15) is 0 Å². The molecule has 0 aromatic carbocycles. The van der Waals surface area contributed by atoms with Gasteiger partial charge in [-0.2, -0.15) is 0 Å². The van der Waals surface area contributed by atoms with Crippen LogP contribution in [0.25, 0.3) is 0 Å². The highest BCUT2D eigenvalue weighted by atomic mass is 16.2. The third-order valence-corrected chi connectivity index (χ3v) is 4.64. The van der Waals surface area contributed by atoms with Crippen LogP contribution in [0.2, 0.25) is 0 Å². The Balaban J connectivity index is 1.76. The van der Waals surface area contributed by atoms with Gasteiger partial charge < -0.3 is 4.90 Å². The molecule has 2 nitrogen and oxygen atoms in total. The van der Waals surface area contributed by atoms with Crippen molar-refractivity contribution in [2.24, 2.45) is 11.8 Å². The van der Waals surface area contributed by atoms with Crippen molar-refractivity contribution in [1.29, 1.82) is 0 Å². The Morgan fingerprint density at radius 2 is 1.88 bits per heavy atom. The number of carbonyl (C=O) groups is 1.